The largest absolute Gasteiger partial charge is 0.357 e. The molecule has 0 aliphatic heterocycles. The van der Waals surface area contributed by atoms with Gasteiger partial charge in [0.05, 0.1) is 12.2 Å². The average molecular weight is 386 g/mol. The minimum absolute atomic E-state index is 0.320. The molecule has 1 aliphatic rings. The zero-order valence-corrected chi connectivity index (χ0v) is 17.4. The Balaban J connectivity index is 1.95. The third kappa shape index (κ3) is 6.26. The van der Waals surface area contributed by atoms with E-state index in [2.05, 4.69) is 32.9 Å². The van der Waals surface area contributed by atoms with Gasteiger partial charge in [-0.3, -0.25) is 4.21 Å². The van der Waals surface area contributed by atoms with Crippen molar-refractivity contribution >= 4 is 33.2 Å². The second kappa shape index (κ2) is 10.1. The zero-order chi connectivity index (χ0) is 18.2. The first-order valence-corrected chi connectivity index (χ1v) is 11.3. The maximum absolute atomic E-state index is 12.1. The second-order valence-electron chi connectivity index (χ2n) is 6.51. The van der Waals surface area contributed by atoms with E-state index in [0.29, 0.717) is 17.8 Å². The monoisotopic (exact) mass is 385 g/mol. The number of nitrogens with one attached hydrogen (secondary N) is 2. The number of hydrogen-bond donors (Lipinski definition) is 2. The molecule has 1 heterocycles. The number of thiazole rings is 1. The Hall–Kier alpha value is -1.15. The molecule has 0 saturated heterocycles. The molecule has 0 amide bonds. The van der Waals surface area contributed by atoms with Crippen molar-refractivity contribution in [2.45, 2.75) is 57.4 Å². The lowest BCUT2D eigenvalue weighted by atomic mass is 9.95. The molecule has 3 unspecified atom stereocenters. The Kier molecular flexibility index (Phi) is 8.15. The molecule has 1 saturated carbocycles. The summed E-state index contributed by atoms with van der Waals surface area (Å²) in [6.07, 6.45) is 4.29. The van der Waals surface area contributed by atoms with E-state index in [4.69, 9.17) is 0 Å². The highest BCUT2D eigenvalue weighted by molar-refractivity contribution is 7.85. The molecule has 1 aliphatic carbocycles. The summed E-state index contributed by atoms with van der Waals surface area (Å²) in [7, 11) is 3.29. The Morgan fingerprint density at radius 1 is 1.44 bits per heavy atom. The predicted molar refractivity (Wildman–Crippen MR) is 109 cm³/mol. The van der Waals surface area contributed by atoms with Gasteiger partial charge in [0.15, 0.2) is 11.1 Å². The van der Waals surface area contributed by atoms with Crippen molar-refractivity contribution in [2.24, 2.45) is 4.99 Å². The van der Waals surface area contributed by atoms with E-state index >= 15 is 0 Å². The maximum Gasteiger partial charge on any atom is 0.191 e. The van der Waals surface area contributed by atoms with Crippen molar-refractivity contribution in [3.63, 3.8) is 0 Å². The van der Waals surface area contributed by atoms with Crippen molar-refractivity contribution in [2.75, 3.05) is 31.3 Å². The maximum atomic E-state index is 12.1. The highest BCUT2D eigenvalue weighted by Gasteiger charge is 2.26. The fraction of sp³-hybridized carbons (Fsp3) is 0.765. The van der Waals surface area contributed by atoms with Crippen LogP contribution in [0.5, 0.6) is 0 Å². The lowest BCUT2D eigenvalue weighted by Gasteiger charge is -2.30. The van der Waals surface area contributed by atoms with Crippen LogP contribution in [0, 0.1) is 0 Å². The first-order chi connectivity index (χ1) is 12.0. The lowest BCUT2D eigenvalue weighted by molar-refractivity contribution is 0.413. The van der Waals surface area contributed by atoms with Gasteiger partial charge in [0.2, 0.25) is 0 Å². The highest BCUT2D eigenvalue weighted by atomic mass is 32.2. The van der Waals surface area contributed by atoms with E-state index < -0.39 is 10.8 Å². The molecule has 1 fully saturated rings. The minimum atomic E-state index is -0.701. The van der Waals surface area contributed by atoms with Crippen molar-refractivity contribution in [3.8, 4) is 0 Å². The number of nitrogens with zero attached hydrogens (tertiary/aromatic N) is 3. The summed E-state index contributed by atoms with van der Waals surface area (Å²) in [5.41, 5.74) is 0.986. The van der Waals surface area contributed by atoms with E-state index in [1.807, 2.05) is 25.9 Å². The summed E-state index contributed by atoms with van der Waals surface area (Å²) < 4.78 is 12.1. The first-order valence-electron chi connectivity index (χ1n) is 9.07. The van der Waals surface area contributed by atoms with E-state index in [1.165, 1.54) is 0 Å². The number of anilines is 1. The molecule has 6 nitrogen and oxygen atoms in total. The van der Waals surface area contributed by atoms with Crippen LogP contribution in [0.3, 0.4) is 0 Å². The third-order valence-corrected chi connectivity index (χ3v) is 7.09. The first kappa shape index (κ1) is 20.2. The van der Waals surface area contributed by atoms with Crippen LogP contribution in [0.2, 0.25) is 0 Å². The van der Waals surface area contributed by atoms with Gasteiger partial charge in [0.1, 0.15) is 0 Å². The Morgan fingerprint density at radius 2 is 2.24 bits per heavy atom. The van der Waals surface area contributed by atoms with Gasteiger partial charge in [-0.05, 0) is 26.2 Å². The molecule has 2 rings (SSSR count). The SMILES string of the molecule is CCNC(=NCc1csc(N(C)C)n1)NC1CCCC(S(=O)CC)C1. The molecule has 0 aromatic carbocycles. The molecular formula is C17H31N5OS2. The number of aromatic nitrogens is 1. The quantitative estimate of drug-likeness (QED) is 0.557. The fourth-order valence-electron chi connectivity index (χ4n) is 3.00. The van der Waals surface area contributed by atoms with Gasteiger partial charge in [-0.25, -0.2) is 9.98 Å². The normalized spacial score (nSPS) is 22.5. The van der Waals surface area contributed by atoms with Crippen LogP contribution in [-0.4, -0.2) is 52.8 Å². The van der Waals surface area contributed by atoms with Crippen molar-refractivity contribution in [1.82, 2.24) is 15.6 Å². The summed E-state index contributed by atoms with van der Waals surface area (Å²) in [5.74, 6) is 1.58. The topological polar surface area (TPSA) is 69.6 Å². The van der Waals surface area contributed by atoms with Crippen molar-refractivity contribution in [1.29, 1.82) is 0 Å². The summed E-state index contributed by atoms with van der Waals surface area (Å²) in [6.45, 7) is 5.47. The van der Waals surface area contributed by atoms with Crippen molar-refractivity contribution < 1.29 is 4.21 Å². The zero-order valence-electron chi connectivity index (χ0n) is 15.7. The van der Waals surface area contributed by atoms with Crippen LogP contribution < -0.4 is 15.5 Å². The smallest absolute Gasteiger partial charge is 0.191 e. The minimum Gasteiger partial charge on any atom is -0.357 e. The van der Waals surface area contributed by atoms with Crippen LogP contribution in [0.25, 0.3) is 0 Å². The van der Waals surface area contributed by atoms with Gasteiger partial charge in [-0.2, -0.15) is 0 Å². The Labute approximate surface area is 158 Å². The molecule has 0 spiro atoms. The van der Waals surface area contributed by atoms with Gasteiger partial charge >= 0.3 is 0 Å². The summed E-state index contributed by atoms with van der Waals surface area (Å²) in [6, 6.07) is 0.347. The van der Waals surface area contributed by atoms with Crippen LogP contribution in [-0.2, 0) is 17.3 Å². The van der Waals surface area contributed by atoms with Gasteiger partial charge in [0.25, 0.3) is 0 Å². The molecule has 142 valence electrons. The van der Waals surface area contributed by atoms with Gasteiger partial charge in [-0.15, -0.1) is 11.3 Å². The molecule has 25 heavy (non-hydrogen) atoms. The van der Waals surface area contributed by atoms with E-state index in [-0.39, 0.29) is 0 Å². The number of rotatable bonds is 7. The van der Waals surface area contributed by atoms with Crippen LogP contribution in [0.1, 0.15) is 45.2 Å². The molecule has 0 bridgehead atoms. The Bertz CT molecular complexity index is 587. The van der Waals surface area contributed by atoms with Gasteiger partial charge < -0.3 is 15.5 Å². The van der Waals surface area contributed by atoms with E-state index in [1.54, 1.807) is 11.3 Å². The molecular weight excluding hydrogens is 354 g/mol. The van der Waals surface area contributed by atoms with E-state index in [9.17, 15) is 4.21 Å². The molecule has 0 radical (unpaired) electrons. The summed E-state index contributed by atoms with van der Waals surface area (Å²) >= 11 is 1.64. The van der Waals surface area contributed by atoms with Crippen LogP contribution in [0.15, 0.2) is 10.4 Å². The second-order valence-corrected chi connectivity index (χ2v) is 9.35. The predicted octanol–water partition coefficient (Wildman–Crippen LogP) is 2.34. The van der Waals surface area contributed by atoms with Gasteiger partial charge in [0, 0.05) is 53.9 Å². The summed E-state index contributed by atoms with van der Waals surface area (Å²) in [5, 5.41) is 10.2. The van der Waals surface area contributed by atoms with Crippen molar-refractivity contribution in [3.05, 3.63) is 11.1 Å². The third-order valence-electron chi connectivity index (χ3n) is 4.29. The highest BCUT2D eigenvalue weighted by Crippen LogP contribution is 2.23. The number of guanidine groups is 1. The fourth-order valence-corrected chi connectivity index (χ4v) is 5.10. The molecule has 2 N–H and O–H groups in total. The average Bonchev–Trinajstić information content (AvgIpc) is 3.09. The van der Waals surface area contributed by atoms with E-state index in [0.717, 1.165) is 54.8 Å². The van der Waals surface area contributed by atoms with Crippen LogP contribution >= 0.6 is 11.3 Å². The lowest BCUT2D eigenvalue weighted by Crippen LogP contribution is -2.46. The molecule has 1 aromatic heterocycles. The molecule has 1 aromatic rings. The summed E-state index contributed by atoms with van der Waals surface area (Å²) in [4.78, 5) is 11.3. The number of aliphatic imine (C=N–C) groups is 1. The standard InChI is InChI=1S/C17H31N5OS2/c1-5-18-16(19-11-14-12-24-17(21-14)22(3)4)20-13-8-7-9-15(10-13)25(23)6-2/h12-13,15H,5-11H2,1-4H3,(H2,18,19,20). The molecule has 3 atom stereocenters. The Morgan fingerprint density at radius 3 is 2.88 bits per heavy atom. The molecule has 8 heteroatoms. The number of hydrogen-bond acceptors (Lipinski definition) is 5. The van der Waals surface area contributed by atoms with Crippen LogP contribution in [0.4, 0.5) is 5.13 Å². The van der Waals surface area contributed by atoms with Gasteiger partial charge in [-0.1, -0.05) is 13.3 Å².